The third-order valence-electron chi connectivity index (χ3n) is 4.46. The second kappa shape index (κ2) is 8.85. The summed E-state index contributed by atoms with van der Waals surface area (Å²) in [6.07, 6.45) is 4.95. The first-order valence-corrected chi connectivity index (χ1v) is 9.80. The fourth-order valence-corrected chi connectivity index (χ4v) is 3.01. The van der Waals surface area contributed by atoms with E-state index in [1.165, 1.54) is 6.33 Å². The number of amides is 2. The van der Waals surface area contributed by atoms with Gasteiger partial charge >= 0.3 is 6.03 Å². The third-order valence-corrected chi connectivity index (χ3v) is 4.87. The van der Waals surface area contributed by atoms with Gasteiger partial charge in [0.25, 0.3) is 0 Å². The van der Waals surface area contributed by atoms with Crippen molar-refractivity contribution in [3.05, 3.63) is 83.7 Å². The number of aromatic nitrogens is 4. The Morgan fingerprint density at radius 3 is 2.42 bits per heavy atom. The van der Waals surface area contributed by atoms with Crippen molar-refractivity contribution < 1.29 is 9.53 Å². The number of halogens is 1. The van der Waals surface area contributed by atoms with Crippen LogP contribution in [0.5, 0.6) is 11.6 Å². The standard InChI is InChI=1S/C22H19ClN6O2/c1-14-3-4-17(11-19(14)23)28-22(30)27-16-5-7-18(8-6-16)31-21-12-20(25-13-26-21)29-10-9-24-15(29)2/h3-13H,1-2H3,(H2,27,28,30). The fraction of sp³-hybridized carbons (Fsp3) is 0.0909. The lowest BCUT2D eigenvalue weighted by Gasteiger charge is -2.10. The zero-order chi connectivity index (χ0) is 21.8. The minimum atomic E-state index is -0.371. The lowest BCUT2D eigenvalue weighted by molar-refractivity contribution is 0.262. The maximum Gasteiger partial charge on any atom is 0.323 e. The van der Waals surface area contributed by atoms with Crippen LogP contribution in [0.25, 0.3) is 5.82 Å². The van der Waals surface area contributed by atoms with Crippen molar-refractivity contribution in [3.63, 3.8) is 0 Å². The van der Waals surface area contributed by atoms with Gasteiger partial charge in [0.2, 0.25) is 5.88 Å². The summed E-state index contributed by atoms with van der Waals surface area (Å²) in [7, 11) is 0. The molecule has 4 aromatic rings. The topological polar surface area (TPSA) is 94.0 Å². The second-order valence-electron chi connectivity index (χ2n) is 6.73. The Morgan fingerprint density at radius 1 is 0.968 bits per heavy atom. The zero-order valence-corrected chi connectivity index (χ0v) is 17.6. The van der Waals surface area contributed by atoms with Gasteiger partial charge in [0.05, 0.1) is 0 Å². The summed E-state index contributed by atoms with van der Waals surface area (Å²) in [5.41, 5.74) is 2.17. The lowest BCUT2D eigenvalue weighted by atomic mass is 10.2. The van der Waals surface area contributed by atoms with E-state index in [4.69, 9.17) is 16.3 Å². The number of anilines is 2. The molecule has 0 atom stereocenters. The average molecular weight is 435 g/mol. The Balaban J connectivity index is 1.39. The smallest absolute Gasteiger partial charge is 0.323 e. The fourth-order valence-electron chi connectivity index (χ4n) is 2.83. The van der Waals surface area contributed by atoms with Gasteiger partial charge in [-0.3, -0.25) is 4.57 Å². The highest BCUT2D eigenvalue weighted by molar-refractivity contribution is 6.31. The molecule has 156 valence electrons. The lowest BCUT2D eigenvalue weighted by Crippen LogP contribution is -2.19. The summed E-state index contributed by atoms with van der Waals surface area (Å²) in [5, 5.41) is 6.10. The van der Waals surface area contributed by atoms with Gasteiger partial charge in [-0.1, -0.05) is 17.7 Å². The van der Waals surface area contributed by atoms with Crippen molar-refractivity contribution in [3.8, 4) is 17.4 Å². The SMILES string of the molecule is Cc1ccc(NC(=O)Nc2ccc(Oc3cc(-n4ccnc4C)ncn3)cc2)cc1Cl. The molecule has 9 heteroatoms. The molecule has 0 unspecified atom stereocenters. The van der Waals surface area contributed by atoms with Crippen LogP contribution in [0.4, 0.5) is 16.2 Å². The number of hydrogen-bond donors (Lipinski definition) is 2. The van der Waals surface area contributed by atoms with Crippen LogP contribution in [0.15, 0.2) is 67.3 Å². The third kappa shape index (κ3) is 4.99. The normalized spacial score (nSPS) is 10.5. The quantitative estimate of drug-likeness (QED) is 0.440. The number of aryl methyl sites for hydroxylation is 2. The maximum absolute atomic E-state index is 12.2. The molecule has 0 spiro atoms. The molecule has 8 nitrogen and oxygen atoms in total. The van der Waals surface area contributed by atoms with Crippen molar-refractivity contribution in [2.45, 2.75) is 13.8 Å². The highest BCUT2D eigenvalue weighted by Gasteiger charge is 2.07. The molecule has 0 aliphatic heterocycles. The van der Waals surface area contributed by atoms with Crippen LogP contribution in [0, 0.1) is 13.8 Å². The number of imidazole rings is 1. The van der Waals surface area contributed by atoms with Gasteiger partial charge in [-0.15, -0.1) is 0 Å². The van der Waals surface area contributed by atoms with E-state index in [2.05, 4.69) is 25.6 Å². The van der Waals surface area contributed by atoms with Gasteiger partial charge in [0.1, 0.15) is 23.7 Å². The van der Waals surface area contributed by atoms with E-state index in [9.17, 15) is 4.79 Å². The van der Waals surface area contributed by atoms with E-state index < -0.39 is 0 Å². The molecule has 4 rings (SSSR count). The monoisotopic (exact) mass is 434 g/mol. The van der Waals surface area contributed by atoms with Crippen molar-refractivity contribution in [1.82, 2.24) is 19.5 Å². The molecular formula is C22H19ClN6O2. The van der Waals surface area contributed by atoms with E-state index >= 15 is 0 Å². The first-order chi connectivity index (χ1) is 15.0. The Bertz CT molecular complexity index is 1220. The Labute approximate surface area is 183 Å². The number of carbonyl (C=O) groups excluding carboxylic acids is 1. The van der Waals surface area contributed by atoms with Crippen LogP contribution < -0.4 is 15.4 Å². The molecule has 0 saturated heterocycles. The summed E-state index contributed by atoms with van der Waals surface area (Å²) in [4.78, 5) is 24.8. The number of ether oxygens (including phenoxy) is 1. The molecule has 0 saturated carbocycles. The minimum Gasteiger partial charge on any atom is -0.439 e. The molecule has 0 aliphatic carbocycles. The van der Waals surface area contributed by atoms with Gasteiger partial charge in [0.15, 0.2) is 0 Å². The number of carbonyl (C=O) groups is 1. The van der Waals surface area contributed by atoms with Gasteiger partial charge in [-0.2, -0.15) is 0 Å². The second-order valence-corrected chi connectivity index (χ2v) is 7.14. The van der Waals surface area contributed by atoms with E-state index in [0.29, 0.717) is 33.8 Å². The van der Waals surface area contributed by atoms with E-state index in [0.717, 1.165) is 11.4 Å². The first-order valence-electron chi connectivity index (χ1n) is 9.42. The largest absolute Gasteiger partial charge is 0.439 e. The number of benzene rings is 2. The molecule has 2 heterocycles. The summed E-state index contributed by atoms with van der Waals surface area (Å²) in [6.45, 7) is 3.79. The summed E-state index contributed by atoms with van der Waals surface area (Å²) in [5.74, 6) is 2.44. The maximum atomic E-state index is 12.2. The molecule has 2 aromatic heterocycles. The Kier molecular flexibility index (Phi) is 5.81. The molecule has 2 aromatic carbocycles. The summed E-state index contributed by atoms with van der Waals surface area (Å²) >= 11 is 6.09. The van der Waals surface area contributed by atoms with E-state index in [1.54, 1.807) is 48.7 Å². The summed E-state index contributed by atoms with van der Waals surface area (Å²) < 4.78 is 7.64. The van der Waals surface area contributed by atoms with Gasteiger partial charge in [0, 0.05) is 34.9 Å². The van der Waals surface area contributed by atoms with Crippen molar-refractivity contribution in [2.24, 2.45) is 0 Å². The van der Waals surface area contributed by atoms with Crippen molar-refractivity contribution in [1.29, 1.82) is 0 Å². The Hall–Kier alpha value is -3.91. The first kappa shape index (κ1) is 20.4. The Morgan fingerprint density at radius 2 is 1.71 bits per heavy atom. The molecule has 2 amide bonds. The van der Waals surface area contributed by atoms with Crippen molar-refractivity contribution >= 4 is 29.0 Å². The number of nitrogens with one attached hydrogen (secondary N) is 2. The average Bonchev–Trinajstić information content (AvgIpc) is 3.18. The summed E-state index contributed by atoms with van der Waals surface area (Å²) in [6, 6.07) is 13.6. The number of nitrogens with zero attached hydrogens (tertiary/aromatic N) is 4. The molecule has 0 radical (unpaired) electrons. The molecule has 0 aliphatic rings. The van der Waals surface area contributed by atoms with Crippen LogP contribution in [0.3, 0.4) is 0 Å². The van der Waals surface area contributed by atoms with Gasteiger partial charge in [-0.05, 0) is 55.8 Å². The number of hydrogen-bond acceptors (Lipinski definition) is 5. The van der Waals surface area contributed by atoms with Crippen LogP contribution in [0.1, 0.15) is 11.4 Å². The molecule has 31 heavy (non-hydrogen) atoms. The van der Waals surface area contributed by atoms with Crippen LogP contribution >= 0.6 is 11.6 Å². The highest BCUT2D eigenvalue weighted by Crippen LogP contribution is 2.23. The van der Waals surface area contributed by atoms with E-state index in [1.807, 2.05) is 30.7 Å². The zero-order valence-electron chi connectivity index (χ0n) is 16.8. The van der Waals surface area contributed by atoms with Crippen LogP contribution in [-0.4, -0.2) is 25.6 Å². The molecule has 2 N–H and O–H groups in total. The van der Waals surface area contributed by atoms with Crippen LogP contribution in [-0.2, 0) is 0 Å². The number of rotatable bonds is 5. The molecule has 0 bridgehead atoms. The van der Waals surface area contributed by atoms with Gasteiger partial charge in [-0.25, -0.2) is 19.7 Å². The minimum absolute atomic E-state index is 0.371. The highest BCUT2D eigenvalue weighted by atomic mass is 35.5. The van der Waals surface area contributed by atoms with Gasteiger partial charge < -0.3 is 15.4 Å². The predicted octanol–water partition coefficient (Wildman–Crippen LogP) is 5.37. The van der Waals surface area contributed by atoms with Crippen LogP contribution in [0.2, 0.25) is 5.02 Å². The molecular weight excluding hydrogens is 416 g/mol. The van der Waals surface area contributed by atoms with Crippen molar-refractivity contribution in [2.75, 3.05) is 10.6 Å². The van der Waals surface area contributed by atoms with E-state index in [-0.39, 0.29) is 6.03 Å². The molecule has 0 fully saturated rings. The number of urea groups is 1. The predicted molar refractivity (Wildman–Crippen MR) is 119 cm³/mol.